The first-order chi connectivity index (χ1) is 8.17. The summed E-state index contributed by atoms with van der Waals surface area (Å²) < 4.78 is 0. The lowest BCUT2D eigenvalue weighted by molar-refractivity contribution is 0.388. The molecule has 0 aliphatic heterocycles. The predicted molar refractivity (Wildman–Crippen MR) is 73.8 cm³/mol. The largest absolute Gasteiger partial charge is 0.324 e. The number of aromatic nitrogens is 1. The van der Waals surface area contributed by atoms with Gasteiger partial charge in [-0.05, 0) is 30.4 Å². The van der Waals surface area contributed by atoms with E-state index in [9.17, 15) is 0 Å². The molecule has 96 valence electrons. The monoisotopic (exact) mass is 234 g/mol. The van der Waals surface area contributed by atoms with E-state index >= 15 is 0 Å². The summed E-state index contributed by atoms with van der Waals surface area (Å²) in [6.07, 6.45) is 10.00. The highest BCUT2D eigenvalue weighted by atomic mass is 14.7. The van der Waals surface area contributed by atoms with Gasteiger partial charge in [0.15, 0.2) is 0 Å². The van der Waals surface area contributed by atoms with Crippen LogP contribution in [0.4, 0.5) is 0 Å². The Morgan fingerprint density at radius 2 is 2.06 bits per heavy atom. The van der Waals surface area contributed by atoms with Gasteiger partial charge in [-0.1, -0.05) is 45.6 Å². The zero-order valence-corrected chi connectivity index (χ0v) is 11.4. The van der Waals surface area contributed by atoms with Gasteiger partial charge in [-0.3, -0.25) is 4.98 Å². The maximum absolute atomic E-state index is 6.27. The smallest absolute Gasteiger partial charge is 0.0315 e. The number of aryl methyl sites for hydroxylation is 1. The van der Waals surface area contributed by atoms with Crippen LogP contribution in [0.25, 0.3) is 0 Å². The molecule has 1 aromatic rings. The maximum atomic E-state index is 6.27. The van der Waals surface area contributed by atoms with Crippen molar-refractivity contribution in [3.05, 3.63) is 29.6 Å². The van der Waals surface area contributed by atoms with Gasteiger partial charge in [-0.15, -0.1) is 0 Å². The predicted octanol–water partition coefficient (Wildman–Crippen LogP) is 4.00. The molecule has 0 spiro atoms. The standard InChI is InChI=1S/C15H26N2/c1-4-6-7-13(5-2)9-15(16)14-8-12(3)10-17-11-14/h8,10-11,13,15H,4-7,9,16H2,1-3H3. The van der Waals surface area contributed by atoms with Crippen molar-refractivity contribution in [2.24, 2.45) is 11.7 Å². The van der Waals surface area contributed by atoms with Crippen molar-refractivity contribution in [1.82, 2.24) is 4.98 Å². The second-order valence-electron chi connectivity index (χ2n) is 5.05. The normalized spacial score (nSPS) is 14.6. The molecule has 0 fully saturated rings. The van der Waals surface area contributed by atoms with Crippen LogP contribution in [0.3, 0.4) is 0 Å². The molecule has 0 aliphatic rings. The fourth-order valence-corrected chi connectivity index (χ4v) is 2.26. The van der Waals surface area contributed by atoms with Gasteiger partial charge in [-0.25, -0.2) is 0 Å². The summed E-state index contributed by atoms with van der Waals surface area (Å²) >= 11 is 0. The second kappa shape index (κ2) is 7.44. The average molecular weight is 234 g/mol. The average Bonchev–Trinajstić information content (AvgIpc) is 2.34. The Hall–Kier alpha value is -0.890. The number of rotatable bonds is 7. The molecular formula is C15H26N2. The third kappa shape index (κ3) is 4.86. The minimum Gasteiger partial charge on any atom is -0.324 e. The molecule has 0 bridgehead atoms. The minimum absolute atomic E-state index is 0.143. The molecule has 2 heteroatoms. The summed E-state index contributed by atoms with van der Waals surface area (Å²) in [6.45, 7) is 6.58. The Bertz CT molecular complexity index is 322. The van der Waals surface area contributed by atoms with Crippen LogP contribution in [-0.4, -0.2) is 4.98 Å². The number of hydrogen-bond donors (Lipinski definition) is 1. The van der Waals surface area contributed by atoms with Gasteiger partial charge >= 0.3 is 0 Å². The first-order valence-corrected chi connectivity index (χ1v) is 6.84. The van der Waals surface area contributed by atoms with E-state index in [1.165, 1.54) is 36.8 Å². The molecule has 0 saturated heterocycles. The van der Waals surface area contributed by atoms with E-state index in [0.29, 0.717) is 0 Å². The van der Waals surface area contributed by atoms with Crippen molar-refractivity contribution >= 4 is 0 Å². The Kier molecular flexibility index (Phi) is 6.20. The van der Waals surface area contributed by atoms with Crippen LogP contribution < -0.4 is 5.73 Å². The lowest BCUT2D eigenvalue weighted by Crippen LogP contribution is -2.15. The molecule has 2 atom stereocenters. The minimum atomic E-state index is 0.143. The fourth-order valence-electron chi connectivity index (χ4n) is 2.26. The highest BCUT2D eigenvalue weighted by molar-refractivity contribution is 5.19. The van der Waals surface area contributed by atoms with Crippen LogP contribution >= 0.6 is 0 Å². The summed E-state index contributed by atoms with van der Waals surface area (Å²) in [5, 5.41) is 0. The summed E-state index contributed by atoms with van der Waals surface area (Å²) in [5.41, 5.74) is 8.65. The van der Waals surface area contributed by atoms with Gasteiger partial charge in [0, 0.05) is 18.4 Å². The Morgan fingerprint density at radius 1 is 1.29 bits per heavy atom. The first kappa shape index (κ1) is 14.2. The zero-order chi connectivity index (χ0) is 12.7. The highest BCUT2D eigenvalue weighted by Gasteiger charge is 2.13. The lowest BCUT2D eigenvalue weighted by atomic mass is 9.90. The van der Waals surface area contributed by atoms with Crippen molar-refractivity contribution in [2.45, 2.75) is 58.9 Å². The highest BCUT2D eigenvalue weighted by Crippen LogP contribution is 2.24. The summed E-state index contributed by atoms with van der Waals surface area (Å²) in [5.74, 6) is 0.755. The number of pyridine rings is 1. The lowest BCUT2D eigenvalue weighted by Gasteiger charge is -2.19. The van der Waals surface area contributed by atoms with Crippen LogP contribution in [0.5, 0.6) is 0 Å². The van der Waals surface area contributed by atoms with Gasteiger partial charge < -0.3 is 5.73 Å². The molecular weight excluding hydrogens is 208 g/mol. The van der Waals surface area contributed by atoms with Crippen molar-refractivity contribution in [3.63, 3.8) is 0 Å². The summed E-state index contributed by atoms with van der Waals surface area (Å²) in [4.78, 5) is 4.22. The quantitative estimate of drug-likeness (QED) is 0.774. The number of unbranched alkanes of at least 4 members (excludes halogenated alkanes) is 1. The number of nitrogens with two attached hydrogens (primary N) is 1. The van der Waals surface area contributed by atoms with Gasteiger partial charge in [0.2, 0.25) is 0 Å². The molecule has 1 rings (SSSR count). The Labute approximate surface area is 106 Å². The Balaban J connectivity index is 2.54. The van der Waals surface area contributed by atoms with Gasteiger partial charge in [-0.2, -0.15) is 0 Å². The third-order valence-corrected chi connectivity index (χ3v) is 3.45. The van der Waals surface area contributed by atoms with Crippen LogP contribution in [0.15, 0.2) is 18.5 Å². The van der Waals surface area contributed by atoms with Gasteiger partial charge in [0.25, 0.3) is 0 Å². The molecule has 0 aromatic carbocycles. The molecule has 2 nitrogen and oxygen atoms in total. The SMILES string of the molecule is CCCCC(CC)CC(N)c1cncc(C)c1. The molecule has 1 aromatic heterocycles. The first-order valence-electron chi connectivity index (χ1n) is 6.84. The van der Waals surface area contributed by atoms with E-state index in [-0.39, 0.29) is 6.04 Å². The van der Waals surface area contributed by atoms with E-state index in [1.54, 1.807) is 0 Å². The fraction of sp³-hybridized carbons (Fsp3) is 0.667. The molecule has 1 heterocycles. The van der Waals surface area contributed by atoms with Crippen molar-refractivity contribution in [3.8, 4) is 0 Å². The molecule has 17 heavy (non-hydrogen) atoms. The third-order valence-electron chi connectivity index (χ3n) is 3.45. The molecule has 0 saturated carbocycles. The van der Waals surface area contributed by atoms with Crippen LogP contribution in [0, 0.1) is 12.8 Å². The van der Waals surface area contributed by atoms with E-state index in [2.05, 4.69) is 31.8 Å². The molecule has 0 aliphatic carbocycles. The van der Waals surface area contributed by atoms with Crippen molar-refractivity contribution < 1.29 is 0 Å². The molecule has 2 N–H and O–H groups in total. The Morgan fingerprint density at radius 3 is 2.65 bits per heavy atom. The van der Waals surface area contributed by atoms with Crippen molar-refractivity contribution in [1.29, 1.82) is 0 Å². The van der Waals surface area contributed by atoms with Gasteiger partial charge in [0.05, 0.1) is 0 Å². The van der Waals surface area contributed by atoms with Crippen molar-refractivity contribution in [2.75, 3.05) is 0 Å². The van der Waals surface area contributed by atoms with Gasteiger partial charge in [0.1, 0.15) is 0 Å². The summed E-state index contributed by atoms with van der Waals surface area (Å²) in [6, 6.07) is 2.30. The van der Waals surface area contributed by atoms with Crippen LogP contribution in [-0.2, 0) is 0 Å². The molecule has 0 radical (unpaired) electrons. The second-order valence-corrected chi connectivity index (χ2v) is 5.05. The number of nitrogens with zero attached hydrogens (tertiary/aromatic N) is 1. The van der Waals surface area contributed by atoms with Crippen LogP contribution in [0.1, 0.15) is 63.1 Å². The van der Waals surface area contributed by atoms with E-state index in [4.69, 9.17) is 5.73 Å². The maximum Gasteiger partial charge on any atom is 0.0315 e. The number of hydrogen-bond acceptors (Lipinski definition) is 2. The molecule has 0 amide bonds. The van der Waals surface area contributed by atoms with E-state index < -0.39 is 0 Å². The topological polar surface area (TPSA) is 38.9 Å². The van der Waals surface area contributed by atoms with Crippen LogP contribution in [0.2, 0.25) is 0 Å². The zero-order valence-electron chi connectivity index (χ0n) is 11.4. The van der Waals surface area contributed by atoms with E-state index in [1.807, 2.05) is 12.4 Å². The molecule has 2 unspecified atom stereocenters. The summed E-state index contributed by atoms with van der Waals surface area (Å²) in [7, 11) is 0. The van der Waals surface area contributed by atoms with E-state index in [0.717, 1.165) is 12.3 Å².